The lowest BCUT2D eigenvalue weighted by molar-refractivity contribution is -0.116. The Hall–Kier alpha value is -2.77. The average Bonchev–Trinajstić information content (AvgIpc) is 3.32. The van der Waals surface area contributed by atoms with Crippen molar-refractivity contribution in [2.24, 2.45) is 0 Å². The highest BCUT2D eigenvalue weighted by atomic mass is 32.1. The zero-order valence-electron chi connectivity index (χ0n) is 17.9. The fraction of sp³-hybridized carbons (Fsp3) is 0.292. The molecule has 2 atom stereocenters. The van der Waals surface area contributed by atoms with Gasteiger partial charge in [-0.15, -0.1) is 11.3 Å². The standard InChI is InChI=1S/C24H26N4OS2/c1-15-7-8-16(2)19(14-15)26-21(29)11-13-28-23(20-10-9-17(3)31-20)22(27-24(28)30)18-6-4-5-12-25-18/h4-10,12,14,22-23H,11,13H2,1-3H3,(H,26,29)(H,27,30)/t22-,23-/m1/s1. The van der Waals surface area contributed by atoms with Crippen LogP contribution in [0.15, 0.2) is 54.7 Å². The quantitative estimate of drug-likeness (QED) is 0.514. The van der Waals surface area contributed by atoms with Crippen LogP contribution in [0.4, 0.5) is 5.69 Å². The smallest absolute Gasteiger partial charge is 0.226 e. The molecule has 31 heavy (non-hydrogen) atoms. The average molecular weight is 451 g/mol. The predicted octanol–water partition coefficient (Wildman–Crippen LogP) is 5.07. The van der Waals surface area contributed by atoms with Crippen LogP contribution < -0.4 is 10.6 Å². The number of hydrogen-bond acceptors (Lipinski definition) is 4. The minimum atomic E-state index is -0.0474. The van der Waals surface area contributed by atoms with Gasteiger partial charge in [0.05, 0.1) is 17.8 Å². The number of carbonyl (C=O) groups excluding carboxylic acids is 1. The molecule has 5 nitrogen and oxygen atoms in total. The summed E-state index contributed by atoms with van der Waals surface area (Å²) in [6, 6.07) is 16.2. The molecule has 1 aromatic carbocycles. The number of thiocarbonyl (C=S) groups is 1. The highest BCUT2D eigenvalue weighted by molar-refractivity contribution is 7.80. The van der Waals surface area contributed by atoms with Gasteiger partial charge in [-0.2, -0.15) is 0 Å². The molecular formula is C24H26N4OS2. The van der Waals surface area contributed by atoms with Crippen LogP contribution in [-0.4, -0.2) is 27.4 Å². The summed E-state index contributed by atoms with van der Waals surface area (Å²) >= 11 is 7.44. The van der Waals surface area contributed by atoms with Crippen LogP contribution in [0.5, 0.6) is 0 Å². The molecule has 0 aliphatic carbocycles. The molecule has 4 rings (SSSR count). The Labute approximate surface area is 192 Å². The highest BCUT2D eigenvalue weighted by Gasteiger charge is 2.40. The Bertz CT molecular complexity index is 1100. The Morgan fingerprint density at radius 3 is 2.74 bits per heavy atom. The molecule has 1 saturated heterocycles. The first-order valence-corrected chi connectivity index (χ1v) is 11.6. The maximum absolute atomic E-state index is 12.7. The van der Waals surface area contributed by atoms with E-state index < -0.39 is 0 Å². The lowest BCUT2D eigenvalue weighted by Crippen LogP contribution is -2.32. The number of thiophene rings is 1. The monoisotopic (exact) mass is 450 g/mol. The summed E-state index contributed by atoms with van der Waals surface area (Å²) in [5, 5.41) is 7.15. The van der Waals surface area contributed by atoms with Gasteiger partial charge in [0.1, 0.15) is 0 Å². The van der Waals surface area contributed by atoms with Crippen molar-refractivity contribution in [1.29, 1.82) is 0 Å². The highest BCUT2D eigenvalue weighted by Crippen LogP contribution is 2.41. The first kappa shape index (κ1) is 21.5. The minimum absolute atomic E-state index is 0.00889. The summed E-state index contributed by atoms with van der Waals surface area (Å²) < 4.78 is 0. The van der Waals surface area contributed by atoms with E-state index in [1.807, 2.05) is 50.2 Å². The summed E-state index contributed by atoms with van der Waals surface area (Å²) in [5.41, 5.74) is 3.99. The van der Waals surface area contributed by atoms with E-state index in [9.17, 15) is 4.79 Å². The van der Waals surface area contributed by atoms with Crippen LogP contribution in [0.3, 0.4) is 0 Å². The van der Waals surface area contributed by atoms with E-state index >= 15 is 0 Å². The summed E-state index contributed by atoms with van der Waals surface area (Å²) in [4.78, 5) is 21.9. The molecule has 0 spiro atoms. The largest absolute Gasteiger partial charge is 0.352 e. The molecule has 0 bridgehead atoms. The lowest BCUT2D eigenvalue weighted by atomic mass is 10.0. The van der Waals surface area contributed by atoms with Crippen molar-refractivity contribution >= 4 is 40.3 Å². The third kappa shape index (κ3) is 4.78. The molecule has 1 fully saturated rings. The van der Waals surface area contributed by atoms with Crippen molar-refractivity contribution in [2.75, 3.05) is 11.9 Å². The number of nitrogens with one attached hydrogen (secondary N) is 2. The Morgan fingerprint density at radius 1 is 1.19 bits per heavy atom. The molecule has 160 valence electrons. The van der Waals surface area contributed by atoms with E-state index in [4.69, 9.17) is 12.2 Å². The van der Waals surface area contributed by atoms with Crippen LogP contribution in [-0.2, 0) is 4.79 Å². The number of amides is 1. The molecule has 1 amide bonds. The van der Waals surface area contributed by atoms with Crippen molar-refractivity contribution in [3.63, 3.8) is 0 Å². The van der Waals surface area contributed by atoms with Gasteiger partial charge in [0.25, 0.3) is 0 Å². The molecule has 2 aromatic heterocycles. The molecule has 7 heteroatoms. The van der Waals surface area contributed by atoms with Crippen LogP contribution in [0.2, 0.25) is 0 Å². The molecule has 2 N–H and O–H groups in total. The summed E-state index contributed by atoms with van der Waals surface area (Å²) in [6.45, 7) is 6.66. The minimum Gasteiger partial charge on any atom is -0.352 e. The maximum Gasteiger partial charge on any atom is 0.226 e. The fourth-order valence-corrected chi connectivity index (χ4v) is 5.23. The number of benzene rings is 1. The molecule has 1 aliphatic heterocycles. The number of aromatic nitrogens is 1. The van der Waals surface area contributed by atoms with Gasteiger partial charge in [0.15, 0.2) is 5.11 Å². The molecular weight excluding hydrogens is 424 g/mol. The molecule has 3 aromatic rings. The van der Waals surface area contributed by atoms with E-state index in [1.54, 1.807) is 17.5 Å². The van der Waals surface area contributed by atoms with Crippen molar-refractivity contribution in [3.05, 3.63) is 81.3 Å². The third-order valence-corrected chi connectivity index (χ3v) is 6.92. The normalized spacial score (nSPS) is 18.2. The predicted molar refractivity (Wildman–Crippen MR) is 130 cm³/mol. The van der Waals surface area contributed by atoms with Gasteiger partial charge in [-0.25, -0.2) is 0 Å². The molecule has 0 radical (unpaired) electrons. The van der Waals surface area contributed by atoms with Gasteiger partial charge >= 0.3 is 0 Å². The number of rotatable bonds is 6. The second kappa shape index (κ2) is 9.16. The number of pyridine rings is 1. The Kier molecular flexibility index (Phi) is 6.34. The molecule has 0 saturated carbocycles. The van der Waals surface area contributed by atoms with Crippen LogP contribution in [0, 0.1) is 20.8 Å². The third-order valence-electron chi connectivity index (χ3n) is 5.50. The molecule has 0 unspecified atom stereocenters. The SMILES string of the molecule is Cc1ccc(C)c(NC(=O)CCN2C(=S)N[C@H](c3ccccn3)[C@H]2c2ccc(C)s2)c1. The second-order valence-corrected chi connectivity index (χ2v) is 9.59. The summed E-state index contributed by atoms with van der Waals surface area (Å²) in [5.74, 6) is -0.0149. The zero-order valence-corrected chi connectivity index (χ0v) is 19.5. The number of aryl methyl sites for hydroxylation is 3. The zero-order chi connectivity index (χ0) is 22.0. The Morgan fingerprint density at radius 2 is 2.03 bits per heavy atom. The number of anilines is 1. The van der Waals surface area contributed by atoms with Gasteiger partial charge in [-0.05, 0) is 74.4 Å². The van der Waals surface area contributed by atoms with Crippen molar-refractivity contribution in [2.45, 2.75) is 39.3 Å². The van der Waals surface area contributed by atoms with Gasteiger partial charge in [-0.3, -0.25) is 9.78 Å². The maximum atomic E-state index is 12.7. The second-order valence-electron chi connectivity index (χ2n) is 7.88. The molecule has 3 heterocycles. The van der Waals surface area contributed by atoms with E-state index in [1.165, 1.54) is 9.75 Å². The first-order chi connectivity index (χ1) is 14.9. The van der Waals surface area contributed by atoms with Crippen LogP contribution >= 0.6 is 23.6 Å². The van der Waals surface area contributed by atoms with E-state index in [-0.39, 0.29) is 18.0 Å². The summed E-state index contributed by atoms with van der Waals surface area (Å²) in [6.07, 6.45) is 2.15. The summed E-state index contributed by atoms with van der Waals surface area (Å²) in [7, 11) is 0. The van der Waals surface area contributed by atoms with E-state index in [0.29, 0.717) is 18.1 Å². The Balaban J connectivity index is 1.52. The van der Waals surface area contributed by atoms with Gasteiger partial charge < -0.3 is 15.5 Å². The van der Waals surface area contributed by atoms with Crippen LogP contribution in [0.1, 0.15) is 45.1 Å². The number of hydrogen-bond donors (Lipinski definition) is 2. The topological polar surface area (TPSA) is 57.3 Å². The van der Waals surface area contributed by atoms with Crippen molar-refractivity contribution < 1.29 is 4.79 Å². The van der Waals surface area contributed by atoms with Crippen molar-refractivity contribution in [1.82, 2.24) is 15.2 Å². The van der Waals surface area contributed by atoms with Gasteiger partial charge in [-0.1, -0.05) is 18.2 Å². The number of nitrogens with zero attached hydrogens (tertiary/aromatic N) is 2. The van der Waals surface area contributed by atoms with Gasteiger partial charge in [0.2, 0.25) is 5.91 Å². The van der Waals surface area contributed by atoms with E-state index in [0.717, 1.165) is 22.5 Å². The lowest BCUT2D eigenvalue weighted by Gasteiger charge is -2.26. The fourth-order valence-electron chi connectivity index (χ4n) is 3.87. The number of carbonyl (C=O) groups is 1. The van der Waals surface area contributed by atoms with E-state index in [2.05, 4.69) is 39.6 Å². The van der Waals surface area contributed by atoms with Gasteiger partial charge in [0, 0.05) is 34.6 Å². The van der Waals surface area contributed by atoms with Crippen molar-refractivity contribution in [3.8, 4) is 0 Å². The van der Waals surface area contributed by atoms with Crippen LogP contribution in [0.25, 0.3) is 0 Å². The first-order valence-electron chi connectivity index (χ1n) is 10.3. The molecule has 1 aliphatic rings.